The van der Waals surface area contributed by atoms with Crippen molar-refractivity contribution in [1.82, 2.24) is 20.0 Å². The lowest BCUT2D eigenvalue weighted by Gasteiger charge is -2.32. The fourth-order valence-electron chi connectivity index (χ4n) is 3.92. The molecule has 2 fully saturated rings. The average molecular weight is 352 g/mol. The maximum absolute atomic E-state index is 12.6. The summed E-state index contributed by atoms with van der Waals surface area (Å²) in [5, 5.41) is 7.35. The van der Waals surface area contributed by atoms with E-state index in [2.05, 4.69) is 10.4 Å². The molecule has 1 aliphatic carbocycles. The Balaban J connectivity index is 1.31. The van der Waals surface area contributed by atoms with Crippen molar-refractivity contribution in [3.63, 3.8) is 0 Å². The molecule has 1 aromatic heterocycles. The van der Waals surface area contributed by atoms with Crippen LogP contribution in [0.4, 0.5) is 0 Å². The third-order valence-electron chi connectivity index (χ3n) is 5.78. The Morgan fingerprint density at radius 3 is 2.58 bits per heavy atom. The highest BCUT2D eigenvalue weighted by Crippen LogP contribution is 2.54. The van der Waals surface area contributed by atoms with Gasteiger partial charge in [0, 0.05) is 37.4 Å². The summed E-state index contributed by atoms with van der Waals surface area (Å²) in [5.74, 6) is 0.0584. The van der Waals surface area contributed by atoms with E-state index in [-0.39, 0.29) is 23.3 Å². The summed E-state index contributed by atoms with van der Waals surface area (Å²) in [4.78, 5) is 26.8. The molecule has 1 N–H and O–H groups in total. The first kappa shape index (κ1) is 16.8. The smallest absolute Gasteiger partial charge is 0.257 e. The summed E-state index contributed by atoms with van der Waals surface area (Å²) in [7, 11) is 0. The molecule has 2 heterocycles. The van der Waals surface area contributed by atoms with E-state index >= 15 is 0 Å². The van der Waals surface area contributed by atoms with Gasteiger partial charge in [0.1, 0.15) is 0 Å². The Labute approximate surface area is 153 Å². The van der Waals surface area contributed by atoms with Crippen LogP contribution < -0.4 is 5.32 Å². The Bertz CT molecular complexity index is 806. The average Bonchev–Trinajstić information content (AvgIpc) is 3.11. The summed E-state index contributed by atoms with van der Waals surface area (Å²) in [6, 6.07) is 9.57. The number of benzene rings is 1. The molecule has 6 heteroatoms. The molecule has 2 amide bonds. The fourth-order valence-corrected chi connectivity index (χ4v) is 3.92. The number of carbonyl (C=O) groups excluding carboxylic acids is 2. The van der Waals surface area contributed by atoms with Gasteiger partial charge in [-0.1, -0.05) is 18.2 Å². The molecule has 0 bridgehead atoms. The van der Waals surface area contributed by atoms with Gasteiger partial charge in [-0.3, -0.25) is 14.3 Å². The van der Waals surface area contributed by atoms with Crippen molar-refractivity contribution in [2.75, 3.05) is 13.1 Å². The third-order valence-corrected chi connectivity index (χ3v) is 5.78. The van der Waals surface area contributed by atoms with Gasteiger partial charge < -0.3 is 10.2 Å². The first-order valence-electron chi connectivity index (χ1n) is 9.29. The number of nitrogens with zero attached hydrogens (tertiary/aromatic N) is 3. The van der Waals surface area contributed by atoms with Gasteiger partial charge in [-0.15, -0.1) is 0 Å². The first-order valence-corrected chi connectivity index (χ1v) is 9.29. The molecule has 1 aliphatic heterocycles. The van der Waals surface area contributed by atoms with Crippen molar-refractivity contribution in [2.24, 2.45) is 5.41 Å². The highest BCUT2D eigenvalue weighted by Gasteiger charge is 2.56. The molecular weight excluding hydrogens is 328 g/mol. The SMILES string of the molecule is CCn1cc(C(=O)N2CCC3(CC2)CC3NC(=O)c2ccccc2)cn1. The second kappa shape index (κ2) is 6.59. The molecule has 6 nitrogen and oxygen atoms in total. The molecule has 136 valence electrons. The largest absolute Gasteiger partial charge is 0.349 e. The molecule has 1 atom stereocenters. The fraction of sp³-hybridized carbons (Fsp3) is 0.450. The number of hydrogen-bond acceptors (Lipinski definition) is 3. The van der Waals surface area contributed by atoms with Crippen molar-refractivity contribution >= 4 is 11.8 Å². The normalized spacial score (nSPS) is 20.8. The highest BCUT2D eigenvalue weighted by molar-refractivity contribution is 5.95. The van der Waals surface area contributed by atoms with Crippen LogP contribution in [0.5, 0.6) is 0 Å². The number of rotatable bonds is 4. The van der Waals surface area contributed by atoms with Crippen LogP contribution >= 0.6 is 0 Å². The Morgan fingerprint density at radius 2 is 1.92 bits per heavy atom. The molecule has 1 unspecified atom stereocenters. The predicted octanol–water partition coefficient (Wildman–Crippen LogP) is 2.33. The second-order valence-corrected chi connectivity index (χ2v) is 7.34. The van der Waals surface area contributed by atoms with Gasteiger partial charge >= 0.3 is 0 Å². The van der Waals surface area contributed by atoms with Gasteiger partial charge in [0.05, 0.1) is 11.8 Å². The number of hydrogen-bond donors (Lipinski definition) is 1. The van der Waals surface area contributed by atoms with E-state index in [0.29, 0.717) is 11.1 Å². The lowest BCUT2D eigenvalue weighted by atomic mass is 9.92. The quantitative estimate of drug-likeness (QED) is 0.918. The van der Waals surface area contributed by atoms with E-state index in [1.54, 1.807) is 10.9 Å². The van der Waals surface area contributed by atoms with Crippen molar-refractivity contribution in [1.29, 1.82) is 0 Å². The molecule has 1 saturated heterocycles. The Hall–Kier alpha value is -2.63. The summed E-state index contributed by atoms with van der Waals surface area (Å²) < 4.78 is 1.77. The second-order valence-electron chi connectivity index (χ2n) is 7.34. The van der Waals surface area contributed by atoms with Gasteiger partial charge in [0.2, 0.25) is 0 Å². The van der Waals surface area contributed by atoms with E-state index in [4.69, 9.17) is 0 Å². The van der Waals surface area contributed by atoms with Crippen molar-refractivity contribution in [2.45, 2.75) is 38.8 Å². The Morgan fingerprint density at radius 1 is 1.19 bits per heavy atom. The number of carbonyl (C=O) groups is 2. The number of aryl methyl sites for hydroxylation is 1. The van der Waals surface area contributed by atoms with Crippen LogP contribution in [0, 0.1) is 5.41 Å². The molecule has 2 aromatic rings. The van der Waals surface area contributed by atoms with Crippen molar-refractivity contribution < 1.29 is 9.59 Å². The minimum atomic E-state index is -0.00189. The monoisotopic (exact) mass is 352 g/mol. The van der Waals surface area contributed by atoms with Crippen LogP contribution in [-0.2, 0) is 6.54 Å². The van der Waals surface area contributed by atoms with Gasteiger partial charge in [-0.05, 0) is 43.7 Å². The summed E-state index contributed by atoms with van der Waals surface area (Å²) in [6.07, 6.45) is 6.37. The zero-order chi connectivity index (χ0) is 18.1. The molecule has 4 rings (SSSR count). The molecule has 0 radical (unpaired) electrons. The van der Waals surface area contributed by atoms with Crippen LogP contribution in [0.15, 0.2) is 42.7 Å². The van der Waals surface area contributed by atoms with Crippen LogP contribution in [0.25, 0.3) is 0 Å². The summed E-state index contributed by atoms with van der Waals surface area (Å²) in [6.45, 7) is 4.25. The predicted molar refractivity (Wildman–Crippen MR) is 97.8 cm³/mol. The lowest BCUT2D eigenvalue weighted by molar-refractivity contribution is 0.0668. The number of amides is 2. The number of nitrogens with one attached hydrogen (secondary N) is 1. The van der Waals surface area contributed by atoms with E-state index in [1.807, 2.05) is 48.4 Å². The Kier molecular flexibility index (Phi) is 4.26. The first-order chi connectivity index (χ1) is 12.6. The number of aromatic nitrogens is 2. The van der Waals surface area contributed by atoms with E-state index in [9.17, 15) is 9.59 Å². The van der Waals surface area contributed by atoms with Crippen LogP contribution in [0.3, 0.4) is 0 Å². The minimum absolute atomic E-state index is 0.00189. The van der Waals surface area contributed by atoms with Gasteiger partial charge in [-0.25, -0.2) is 0 Å². The van der Waals surface area contributed by atoms with E-state index in [1.165, 1.54) is 0 Å². The molecule has 1 saturated carbocycles. The van der Waals surface area contributed by atoms with Crippen LogP contribution in [-0.4, -0.2) is 45.6 Å². The molecule has 2 aliphatic rings. The topological polar surface area (TPSA) is 67.2 Å². The van der Waals surface area contributed by atoms with Crippen LogP contribution in [0.1, 0.15) is 46.9 Å². The summed E-state index contributed by atoms with van der Waals surface area (Å²) >= 11 is 0. The van der Waals surface area contributed by atoms with Crippen molar-refractivity contribution in [3.05, 3.63) is 53.9 Å². The van der Waals surface area contributed by atoms with Gasteiger partial charge in [0.15, 0.2) is 0 Å². The van der Waals surface area contributed by atoms with Gasteiger partial charge in [-0.2, -0.15) is 5.10 Å². The number of piperidine rings is 1. The maximum Gasteiger partial charge on any atom is 0.257 e. The third kappa shape index (κ3) is 3.11. The molecule has 1 spiro atoms. The molecule has 26 heavy (non-hydrogen) atoms. The zero-order valence-electron chi connectivity index (χ0n) is 15.0. The molecular formula is C20H24N4O2. The van der Waals surface area contributed by atoms with Crippen molar-refractivity contribution in [3.8, 4) is 0 Å². The maximum atomic E-state index is 12.6. The minimum Gasteiger partial charge on any atom is -0.349 e. The molecule has 1 aromatic carbocycles. The van der Waals surface area contributed by atoms with Crippen LogP contribution in [0.2, 0.25) is 0 Å². The highest BCUT2D eigenvalue weighted by atomic mass is 16.2. The van der Waals surface area contributed by atoms with E-state index < -0.39 is 0 Å². The zero-order valence-corrected chi connectivity index (χ0v) is 15.0. The summed E-state index contributed by atoms with van der Waals surface area (Å²) in [5.41, 5.74) is 1.54. The van der Waals surface area contributed by atoms with Gasteiger partial charge in [0.25, 0.3) is 11.8 Å². The lowest BCUT2D eigenvalue weighted by Crippen LogP contribution is -2.41. The standard InChI is InChI=1S/C20H24N4O2/c1-2-24-14-16(13-21-24)19(26)23-10-8-20(9-11-23)12-17(20)22-18(25)15-6-4-3-5-7-15/h3-7,13-14,17H,2,8-12H2,1H3,(H,22,25). The number of likely N-dealkylation sites (tertiary alicyclic amines) is 1. The van der Waals surface area contributed by atoms with E-state index in [0.717, 1.165) is 38.9 Å².